The van der Waals surface area contributed by atoms with E-state index in [0.29, 0.717) is 13.1 Å². The Labute approximate surface area is 292 Å². The molecule has 0 spiro atoms. The average Bonchev–Trinajstić information content (AvgIpc) is 3.88. The van der Waals surface area contributed by atoms with Crippen LogP contribution in [0.4, 0.5) is 9.59 Å². The van der Waals surface area contributed by atoms with Crippen LogP contribution in [0.5, 0.6) is 0 Å². The van der Waals surface area contributed by atoms with Crippen molar-refractivity contribution in [2.24, 2.45) is 0 Å². The molecule has 260 valence electrons. The minimum absolute atomic E-state index is 0.125. The topological polar surface area (TPSA) is 129 Å². The van der Waals surface area contributed by atoms with Gasteiger partial charge in [-0.2, -0.15) is 0 Å². The number of carbonyl (C=O) groups excluding carboxylic acids is 2. The number of ether oxygens (including phenoxy) is 2. The predicted octanol–water partition coefficient (Wildman–Crippen LogP) is 8.83. The number of aromatic nitrogens is 5. The number of nitrogens with one attached hydrogen (secondary N) is 2. The summed E-state index contributed by atoms with van der Waals surface area (Å²) in [4.78, 5) is 50.4. The van der Waals surface area contributed by atoms with Crippen LogP contribution in [0.25, 0.3) is 44.7 Å². The number of hydrogen-bond acceptors (Lipinski definition) is 7. The second kappa shape index (κ2) is 12.9. The van der Waals surface area contributed by atoms with Crippen molar-refractivity contribution in [2.75, 3.05) is 13.1 Å². The van der Waals surface area contributed by atoms with Gasteiger partial charge >= 0.3 is 12.2 Å². The first-order valence-corrected chi connectivity index (χ1v) is 17.4. The molecule has 5 aromatic rings. The lowest BCUT2D eigenvalue weighted by Gasteiger charge is -2.27. The largest absolute Gasteiger partial charge is 0.444 e. The molecule has 5 heterocycles. The van der Waals surface area contributed by atoms with Crippen molar-refractivity contribution >= 4 is 23.2 Å². The molecule has 7 rings (SSSR count). The molecule has 3 aromatic heterocycles. The number of likely N-dealkylation sites (tertiary alicyclic amines) is 2. The van der Waals surface area contributed by atoms with E-state index in [1.54, 1.807) is 9.80 Å². The number of aromatic amines is 2. The van der Waals surface area contributed by atoms with E-state index >= 15 is 0 Å². The van der Waals surface area contributed by atoms with Crippen molar-refractivity contribution in [3.05, 3.63) is 78.6 Å². The van der Waals surface area contributed by atoms with Crippen LogP contribution in [-0.4, -0.2) is 71.2 Å². The van der Waals surface area contributed by atoms with E-state index in [2.05, 4.69) is 51.4 Å². The zero-order valence-electron chi connectivity index (χ0n) is 29.6. The van der Waals surface area contributed by atoms with Crippen LogP contribution in [-0.2, 0) is 9.47 Å². The van der Waals surface area contributed by atoms with Crippen LogP contribution in [0.2, 0.25) is 0 Å². The van der Waals surface area contributed by atoms with Gasteiger partial charge in [0.25, 0.3) is 0 Å². The van der Waals surface area contributed by atoms with E-state index in [-0.39, 0.29) is 24.3 Å². The molecule has 2 aliphatic heterocycles. The third kappa shape index (κ3) is 7.08. The summed E-state index contributed by atoms with van der Waals surface area (Å²) >= 11 is 0. The fraction of sp³-hybridized carbons (Fsp3) is 0.410. The van der Waals surface area contributed by atoms with E-state index in [1.165, 1.54) is 0 Å². The highest BCUT2D eigenvalue weighted by molar-refractivity contribution is 5.82. The highest BCUT2D eigenvalue weighted by atomic mass is 16.6. The Kier molecular flexibility index (Phi) is 8.61. The summed E-state index contributed by atoms with van der Waals surface area (Å²) in [6, 6.07) is 18.2. The average molecular weight is 676 g/mol. The fourth-order valence-electron chi connectivity index (χ4n) is 6.76. The summed E-state index contributed by atoms with van der Waals surface area (Å²) in [5.41, 5.74) is 6.49. The maximum Gasteiger partial charge on any atom is 0.410 e. The Balaban J connectivity index is 1.03. The molecule has 2 aliphatic rings. The standard InChI is InChI=1S/C39H45N7O4/c1-38(2,3)49-36(47)45-19-7-9-32(45)34-41-23-31(44-34)25-13-11-24(12-14-25)27-16-17-28(40-22-27)26-15-18-29-30(21-26)43-35(42-29)33-10-8-20-46(33)37(48)50-39(4,5)6/h11-18,21-23,32-33H,7-10,19-20H2,1-6H3,(H,41,44)(H,42,43). The summed E-state index contributed by atoms with van der Waals surface area (Å²) in [5.74, 6) is 1.55. The first-order chi connectivity index (χ1) is 23.8. The van der Waals surface area contributed by atoms with Crippen LogP contribution in [0, 0.1) is 0 Å². The Bertz CT molecular complexity index is 2000. The number of benzene rings is 2. The monoisotopic (exact) mass is 675 g/mol. The van der Waals surface area contributed by atoms with Crippen molar-refractivity contribution in [2.45, 2.75) is 90.5 Å². The molecular formula is C39H45N7O4. The van der Waals surface area contributed by atoms with Crippen molar-refractivity contribution in [1.82, 2.24) is 34.7 Å². The van der Waals surface area contributed by atoms with Crippen molar-refractivity contribution < 1.29 is 19.1 Å². The highest BCUT2D eigenvalue weighted by Gasteiger charge is 2.36. The molecule has 2 saturated heterocycles. The second-order valence-electron chi connectivity index (χ2n) is 15.2. The third-order valence-electron chi connectivity index (χ3n) is 9.08. The zero-order chi connectivity index (χ0) is 35.2. The van der Waals surface area contributed by atoms with Crippen LogP contribution in [0.3, 0.4) is 0 Å². The van der Waals surface area contributed by atoms with Crippen molar-refractivity contribution in [3.63, 3.8) is 0 Å². The Morgan fingerprint density at radius 3 is 1.86 bits per heavy atom. The van der Waals surface area contributed by atoms with Gasteiger partial charge in [-0.05, 0) is 96.6 Å². The Morgan fingerprint density at radius 2 is 1.26 bits per heavy atom. The molecule has 2 amide bonds. The second-order valence-corrected chi connectivity index (χ2v) is 15.2. The molecule has 2 aromatic carbocycles. The van der Waals surface area contributed by atoms with Gasteiger partial charge in [-0.25, -0.2) is 19.6 Å². The van der Waals surface area contributed by atoms with Gasteiger partial charge < -0.3 is 19.4 Å². The molecule has 11 nitrogen and oxygen atoms in total. The molecule has 0 radical (unpaired) electrons. The number of carbonyl (C=O) groups is 2. The first-order valence-electron chi connectivity index (χ1n) is 17.4. The number of fused-ring (bicyclic) bond motifs is 1. The minimum Gasteiger partial charge on any atom is -0.444 e. The van der Waals surface area contributed by atoms with Gasteiger partial charge in [-0.15, -0.1) is 0 Å². The molecule has 2 fully saturated rings. The predicted molar refractivity (Wildman–Crippen MR) is 192 cm³/mol. The van der Waals surface area contributed by atoms with Gasteiger partial charge in [-0.3, -0.25) is 14.8 Å². The summed E-state index contributed by atoms with van der Waals surface area (Å²) in [6.07, 6.45) is 6.63. The maximum absolute atomic E-state index is 12.9. The van der Waals surface area contributed by atoms with E-state index in [1.807, 2.05) is 72.1 Å². The van der Waals surface area contributed by atoms with Gasteiger partial charge in [0.05, 0.1) is 40.7 Å². The van der Waals surface area contributed by atoms with E-state index < -0.39 is 11.2 Å². The SMILES string of the molecule is CC(C)(C)OC(=O)N1CCCC1c1ncc(-c2ccc(-c3ccc(-c4ccc5nc(C6CCCN6C(=O)OC(C)(C)C)[nH]c5c4)nc3)cc2)[nH]1. The van der Waals surface area contributed by atoms with Crippen LogP contribution < -0.4 is 0 Å². The number of rotatable bonds is 5. The van der Waals surface area contributed by atoms with Gasteiger partial charge in [-0.1, -0.05) is 36.4 Å². The van der Waals surface area contributed by atoms with Crippen molar-refractivity contribution in [3.8, 4) is 33.6 Å². The fourth-order valence-corrected chi connectivity index (χ4v) is 6.76. The number of amides is 2. The van der Waals surface area contributed by atoms with Crippen LogP contribution in [0.1, 0.15) is 91.0 Å². The lowest BCUT2D eigenvalue weighted by molar-refractivity contribution is 0.0208. The molecule has 2 unspecified atom stereocenters. The summed E-state index contributed by atoms with van der Waals surface area (Å²) in [6.45, 7) is 12.6. The molecule has 0 bridgehead atoms. The quantitative estimate of drug-likeness (QED) is 0.190. The number of nitrogens with zero attached hydrogens (tertiary/aromatic N) is 5. The zero-order valence-corrected chi connectivity index (χ0v) is 29.6. The molecule has 0 saturated carbocycles. The number of pyridine rings is 1. The van der Waals surface area contributed by atoms with E-state index in [4.69, 9.17) is 19.4 Å². The van der Waals surface area contributed by atoms with Gasteiger partial charge in [0.15, 0.2) is 0 Å². The molecule has 0 aliphatic carbocycles. The van der Waals surface area contributed by atoms with Crippen LogP contribution >= 0.6 is 0 Å². The van der Waals surface area contributed by atoms with Gasteiger partial charge in [0.2, 0.25) is 0 Å². The molecule has 11 heteroatoms. The summed E-state index contributed by atoms with van der Waals surface area (Å²) in [5, 5.41) is 0. The normalized spacial score (nSPS) is 18.2. The number of imidazole rings is 2. The molecule has 50 heavy (non-hydrogen) atoms. The minimum atomic E-state index is -0.547. The molecular weight excluding hydrogens is 630 g/mol. The highest BCUT2D eigenvalue weighted by Crippen LogP contribution is 2.35. The maximum atomic E-state index is 12.9. The van der Waals surface area contributed by atoms with Crippen LogP contribution in [0.15, 0.2) is 67.0 Å². The number of hydrogen-bond donors (Lipinski definition) is 2. The van der Waals surface area contributed by atoms with E-state index in [9.17, 15) is 9.59 Å². The molecule has 2 N–H and O–H groups in total. The first kappa shape index (κ1) is 33.3. The van der Waals surface area contributed by atoms with Gasteiger partial charge in [0, 0.05) is 30.4 Å². The lowest BCUT2D eigenvalue weighted by Crippen LogP contribution is -2.36. The summed E-state index contributed by atoms with van der Waals surface area (Å²) < 4.78 is 11.3. The Hall–Kier alpha value is -5.19. The Morgan fingerprint density at radius 1 is 0.680 bits per heavy atom. The lowest BCUT2D eigenvalue weighted by atomic mass is 10.0. The third-order valence-corrected chi connectivity index (χ3v) is 9.08. The molecule has 2 atom stereocenters. The smallest absolute Gasteiger partial charge is 0.410 e. The van der Waals surface area contributed by atoms with E-state index in [0.717, 1.165) is 82.0 Å². The van der Waals surface area contributed by atoms with Gasteiger partial charge in [0.1, 0.15) is 22.9 Å². The summed E-state index contributed by atoms with van der Waals surface area (Å²) in [7, 11) is 0. The van der Waals surface area contributed by atoms with Crippen molar-refractivity contribution in [1.29, 1.82) is 0 Å². The number of H-pyrrole nitrogens is 2.